The highest BCUT2D eigenvalue weighted by atomic mass is 79.9. The zero-order valence-corrected chi connectivity index (χ0v) is 22.5. The van der Waals surface area contributed by atoms with Crippen LogP contribution in [0.15, 0.2) is 70.7 Å². The van der Waals surface area contributed by atoms with Gasteiger partial charge in [0.15, 0.2) is 6.61 Å². The van der Waals surface area contributed by atoms with Gasteiger partial charge in [-0.3, -0.25) is 29.8 Å². The van der Waals surface area contributed by atoms with Crippen molar-refractivity contribution in [1.82, 2.24) is 5.32 Å². The first-order valence-electron chi connectivity index (χ1n) is 10.9. The Hall–Kier alpha value is -4.26. The van der Waals surface area contributed by atoms with E-state index in [1.807, 2.05) is 0 Å². The average Bonchev–Trinajstić information content (AvgIpc) is 2.88. The van der Waals surface area contributed by atoms with Crippen LogP contribution in [0.5, 0.6) is 5.75 Å². The second kappa shape index (κ2) is 11.6. The topological polar surface area (TPSA) is 148 Å². The number of carbonyl (C=O) groups excluding carboxylic acids is 4. The normalized spacial score (nSPS) is 14.3. The van der Waals surface area contributed by atoms with Crippen LogP contribution in [0.25, 0.3) is 6.08 Å². The third-order valence-corrected chi connectivity index (χ3v) is 6.59. The molecule has 3 aromatic carbocycles. The molecule has 0 atom stereocenters. The molecular formula is C25H15BrCl2N4O7. The summed E-state index contributed by atoms with van der Waals surface area (Å²) in [4.78, 5) is 61.2. The van der Waals surface area contributed by atoms with Crippen LogP contribution >= 0.6 is 39.1 Å². The molecule has 0 spiro atoms. The summed E-state index contributed by atoms with van der Waals surface area (Å²) >= 11 is 15.1. The second-order valence-corrected chi connectivity index (χ2v) is 9.56. The number of anilines is 2. The summed E-state index contributed by atoms with van der Waals surface area (Å²) < 4.78 is 5.95. The molecule has 198 valence electrons. The molecule has 0 saturated carbocycles. The Kier molecular flexibility index (Phi) is 8.29. The van der Waals surface area contributed by atoms with E-state index < -0.39 is 28.7 Å². The molecule has 5 amide bonds. The zero-order valence-electron chi connectivity index (χ0n) is 19.4. The van der Waals surface area contributed by atoms with Gasteiger partial charge in [0, 0.05) is 17.8 Å². The van der Waals surface area contributed by atoms with Gasteiger partial charge in [-0.05, 0) is 64.0 Å². The fraction of sp³-hybridized carbons (Fsp3) is 0.0400. The molecule has 0 aromatic heterocycles. The summed E-state index contributed by atoms with van der Waals surface area (Å²) in [5.74, 6) is -2.04. The molecule has 1 aliphatic rings. The SMILES string of the molecule is O=C(COc1ccc(/C=C2/C(=O)NC(=O)N(c3cccc([N+](=O)[O-])c3)C2=O)cc1Br)Nc1ccc(Cl)c(Cl)c1. The number of non-ortho nitro benzene ring substituents is 1. The zero-order chi connectivity index (χ0) is 28.3. The average molecular weight is 634 g/mol. The standard InChI is InChI=1S/C25H15BrCl2N4O7/c26-18-9-13(4-7-21(18)39-12-22(33)29-14-5-6-19(27)20(28)10-14)8-17-23(34)30-25(36)31(24(17)35)15-2-1-3-16(11-15)32(37)38/h1-11H,12H2,(H,29,33)(H,30,34,36)/b17-8-. The number of ether oxygens (including phenoxy) is 1. The van der Waals surface area contributed by atoms with Gasteiger partial charge in [0.25, 0.3) is 23.4 Å². The van der Waals surface area contributed by atoms with E-state index in [2.05, 4.69) is 26.6 Å². The molecule has 1 heterocycles. The number of hydrogen-bond acceptors (Lipinski definition) is 7. The van der Waals surface area contributed by atoms with E-state index in [4.69, 9.17) is 27.9 Å². The molecule has 0 aliphatic carbocycles. The number of nitrogens with one attached hydrogen (secondary N) is 2. The van der Waals surface area contributed by atoms with E-state index in [0.717, 1.165) is 6.07 Å². The number of halogens is 3. The molecule has 0 bridgehead atoms. The lowest BCUT2D eigenvalue weighted by atomic mass is 10.1. The van der Waals surface area contributed by atoms with E-state index in [1.165, 1.54) is 48.5 Å². The van der Waals surface area contributed by atoms with Crippen LogP contribution in [-0.4, -0.2) is 35.3 Å². The van der Waals surface area contributed by atoms with Crippen molar-refractivity contribution >= 4 is 86.0 Å². The molecule has 0 unspecified atom stereocenters. The number of benzene rings is 3. The third-order valence-electron chi connectivity index (χ3n) is 5.23. The Balaban J connectivity index is 1.48. The van der Waals surface area contributed by atoms with Crippen molar-refractivity contribution in [2.24, 2.45) is 0 Å². The fourth-order valence-electron chi connectivity index (χ4n) is 3.44. The highest BCUT2D eigenvalue weighted by molar-refractivity contribution is 9.10. The van der Waals surface area contributed by atoms with Gasteiger partial charge < -0.3 is 10.1 Å². The second-order valence-electron chi connectivity index (χ2n) is 7.89. The lowest BCUT2D eigenvalue weighted by Gasteiger charge is -2.26. The number of nitrogens with zero attached hydrogens (tertiary/aromatic N) is 2. The minimum atomic E-state index is -1.04. The highest BCUT2D eigenvalue weighted by Gasteiger charge is 2.37. The summed E-state index contributed by atoms with van der Waals surface area (Å²) in [7, 11) is 0. The predicted molar refractivity (Wildman–Crippen MR) is 147 cm³/mol. The molecule has 11 nitrogen and oxygen atoms in total. The van der Waals surface area contributed by atoms with E-state index in [-0.39, 0.29) is 28.6 Å². The summed E-state index contributed by atoms with van der Waals surface area (Å²) in [5, 5.41) is 16.4. The van der Waals surface area contributed by atoms with Crippen molar-refractivity contribution in [3.05, 3.63) is 96.4 Å². The first kappa shape index (κ1) is 27.8. The Bertz CT molecular complexity index is 1580. The molecule has 1 aliphatic heterocycles. The van der Waals surface area contributed by atoms with Crippen LogP contribution in [-0.2, 0) is 14.4 Å². The van der Waals surface area contributed by atoms with Crippen LogP contribution in [0.1, 0.15) is 5.56 Å². The van der Waals surface area contributed by atoms with Crippen molar-refractivity contribution in [3.63, 3.8) is 0 Å². The third kappa shape index (κ3) is 6.42. The quantitative estimate of drug-likeness (QED) is 0.154. The minimum absolute atomic E-state index is 0.0748. The summed E-state index contributed by atoms with van der Waals surface area (Å²) in [5.41, 5.74) is 0.0472. The molecule has 39 heavy (non-hydrogen) atoms. The maximum atomic E-state index is 13.1. The van der Waals surface area contributed by atoms with Crippen LogP contribution in [0.2, 0.25) is 10.0 Å². The number of carbonyl (C=O) groups is 4. The molecule has 1 saturated heterocycles. The van der Waals surface area contributed by atoms with Crippen molar-refractivity contribution in [2.75, 3.05) is 16.8 Å². The van der Waals surface area contributed by atoms with E-state index >= 15 is 0 Å². The van der Waals surface area contributed by atoms with E-state index in [0.29, 0.717) is 31.4 Å². The van der Waals surface area contributed by atoms with Crippen molar-refractivity contribution in [2.45, 2.75) is 0 Å². The van der Waals surface area contributed by atoms with Gasteiger partial charge in [-0.2, -0.15) is 0 Å². The molecule has 14 heteroatoms. The number of barbiturate groups is 1. The largest absolute Gasteiger partial charge is 0.483 e. The Morgan fingerprint density at radius 2 is 1.85 bits per heavy atom. The van der Waals surface area contributed by atoms with Crippen LogP contribution < -0.4 is 20.3 Å². The number of nitro benzene ring substituents is 1. The molecule has 0 radical (unpaired) electrons. The monoisotopic (exact) mass is 632 g/mol. The molecule has 2 N–H and O–H groups in total. The first-order chi connectivity index (χ1) is 18.5. The van der Waals surface area contributed by atoms with Gasteiger partial charge in [-0.1, -0.05) is 35.3 Å². The predicted octanol–water partition coefficient (Wildman–Crippen LogP) is 5.35. The fourth-order valence-corrected chi connectivity index (χ4v) is 4.25. The minimum Gasteiger partial charge on any atom is -0.483 e. The number of rotatable bonds is 7. The van der Waals surface area contributed by atoms with Gasteiger partial charge in [0.1, 0.15) is 11.3 Å². The molecule has 4 rings (SSSR count). The highest BCUT2D eigenvalue weighted by Crippen LogP contribution is 2.29. The van der Waals surface area contributed by atoms with Crippen molar-refractivity contribution in [3.8, 4) is 5.75 Å². The molecule has 1 fully saturated rings. The maximum absolute atomic E-state index is 13.1. The Labute approximate surface area is 238 Å². The number of hydrogen-bond donors (Lipinski definition) is 2. The van der Waals surface area contributed by atoms with Crippen LogP contribution in [0, 0.1) is 10.1 Å². The lowest BCUT2D eigenvalue weighted by molar-refractivity contribution is -0.384. The van der Waals surface area contributed by atoms with Gasteiger partial charge in [-0.15, -0.1) is 0 Å². The van der Waals surface area contributed by atoms with Gasteiger partial charge in [0.05, 0.1) is 25.1 Å². The van der Waals surface area contributed by atoms with E-state index in [1.54, 1.807) is 12.1 Å². The smallest absolute Gasteiger partial charge is 0.335 e. The van der Waals surface area contributed by atoms with Crippen LogP contribution in [0.3, 0.4) is 0 Å². The van der Waals surface area contributed by atoms with Crippen LogP contribution in [0.4, 0.5) is 21.9 Å². The summed E-state index contributed by atoms with van der Waals surface area (Å²) in [6.07, 6.45) is 1.25. The lowest BCUT2D eigenvalue weighted by Crippen LogP contribution is -2.54. The number of amides is 5. The first-order valence-corrected chi connectivity index (χ1v) is 12.4. The van der Waals surface area contributed by atoms with Crippen molar-refractivity contribution < 1.29 is 28.8 Å². The number of urea groups is 1. The van der Waals surface area contributed by atoms with Crippen molar-refractivity contribution in [1.29, 1.82) is 0 Å². The molecular weight excluding hydrogens is 619 g/mol. The Morgan fingerprint density at radius 1 is 1.08 bits per heavy atom. The number of nitro groups is 1. The summed E-state index contributed by atoms with van der Waals surface area (Å²) in [6.45, 7) is -0.333. The van der Waals surface area contributed by atoms with E-state index in [9.17, 15) is 29.3 Å². The summed E-state index contributed by atoms with van der Waals surface area (Å²) in [6, 6.07) is 13.1. The Morgan fingerprint density at radius 3 is 2.54 bits per heavy atom. The van der Waals surface area contributed by atoms with Gasteiger partial charge >= 0.3 is 6.03 Å². The maximum Gasteiger partial charge on any atom is 0.335 e. The van der Waals surface area contributed by atoms with Gasteiger partial charge in [0.2, 0.25) is 0 Å². The number of imide groups is 2. The van der Waals surface area contributed by atoms with Gasteiger partial charge in [-0.25, -0.2) is 9.69 Å². The molecule has 3 aromatic rings.